The van der Waals surface area contributed by atoms with Gasteiger partial charge in [-0.3, -0.25) is 14.9 Å². The normalized spacial score (nSPS) is 20.8. The minimum Gasteiger partial charge on any atom is -0.468 e. The number of amides is 1. The number of carbonyl (C=O) groups is 2. The van der Waals surface area contributed by atoms with Crippen molar-refractivity contribution in [2.24, 2.45) is 0 Å². The Labute approximate surface area is 221 Å². The molecule has 4 rings (SSSR count). The number of carboxylic acid groups (broad SMARTS) is 1. The van der Waals surface area contributed by atoms with Gasteiger partial charge in [0.05, 0.1) is 36.0 Å². The Bertz CT molecular complexity index is 1320. The fourth-order valence-corrected chi connectivity index (χ4v) is 5.70. The van der Waals surface area contributed by atoms with Gasteiger partial charge in [0.25, 0.3) is 0 Å². The Morgan fingerprint density at radius 2 is 2.11 bits per heavy atom. The number of piperazine rings is 1. The standard InChI is InChI=1S/C23H22Cl2N6O6/c1-37-20(32)23(7-5-14-15(23)3-2-4-16(14)24)11-17-18(31(35)36)19(28-21(25)27-17)29-9-10-30(22(33)34)13(12-29)6-8-26/h2-4,13H,5-7,9-12H2,1H3,(H,33,34)/t13-,23?/m0/s1. The van der Waals surface area contributed by atoms with Gasteiger partial charge in [-0.1, -0.05) is 23.7 Å². The van der Waals surface area contributed by atoms with Gasteiger partial charge in [-0.2, -0.15) is 10.2 Å². The Hall–Kier alpha value is -3.69. The number of fused-ring (bicyclic) bond motifs is 1. The Morgan fingerprint density at radius 1 is 1.35 bits per heavy atom. The van der Waals surface area contributed by atoms with Gasteiger partial charge < -0.3 is 19.6 Å². The molecule has 1 aromatic carbocycles. The lowest BCUT2D eigenvalue weighted by molar-refractivity contribution is -0.385. The third kappa shape index (κ3) is 4.72. The molecule has 1 unspecified atom stereocenters. The van der Waals surface area contributed by atoms with E-state index in [1.165, 1.54) is 12.0 Å². The van der Waals surface area contributed by atoms with Crippen molar-refractivity contribution in [2.75, 3.05) is 31.6 Å². The molecule has 14 heteroatoms. The van der Waals surface area contributed by atoms with Crippen molar-refractivity contribution < 1.29 is 24.4 Å². The van der Waals surface area contributed by atoms with Gasteiger partial charge in [0, 0.05) is 31.1 Å². The maximum absolute atomic E-state index is 13.2. The second kappa shape index (κ2) is 10.4. The molecule has 37 heavy (non-hydrogen) atoms. The molecule has 1 amide bonds. The van der Waals surface area contributed by atoms with E-state index in [9.17, 15) is 30.1 Å². The molecule has 0 saturated carbocycles. The fourth-order valence-electron chi connectivity index (χ4n) is 5.25. The van der Waals surface area contributed by atoms with Crippen LogP contribution in [0.3, 0.4) is 0 Å². The first-order valence-electron chi connectivity index (χ1n) is 11.3. The van der Waals surface area contributed by atoms with Crippen LogP contribution < -0.4 is 4.90 Å². The van der Waals surface area contributed by atoms with Crippen molar-refractivity contribution in [2.45, 2.75) is 37.1 Å². The minimum absolute atomic E-state index is 0.00588. The number of carbonyl (C=O) groups excluding carboxylic acids is 1. The summed E-state index contributed by atoms with van der Waals surface area (Å²) >= 11 is 12.6. The van der Waals surface area contributed by atoms with E-state index in [0.717, 1.165) is 10.5 Å². The number of anilines is 1. The number of hydrogen-bond acceptors (Lipinski definition) is 9. The summed E-state index contributed by atoms with van der Waals surface area (Å²) in [7, 11) is 1.25. The van der Waals surface area contributed by atoms with Crippen molar-refractivity contribution in [1.82, 2.24) is 14.9 Å². The average molecular weight is 549 g/mol. The number of nitro groups is 1. The Morgan fingerprint density at radius 3 is 2.76 bits per heavy atom. The highest BCUT2D eigenvalue weighted by atomic mass is 35.5. The summed E-state index contributed by atoms with van der Waals surface area (Å²) in [5, 5.41) is 31.2. The zero-order valence-corrected chi connectivity index (χ0v) is 21.2. The first-order chi connectivity index (χ1) is 17.6. The van der Waals surface area contributed by atoms with Gasteiger partial charge in [0.2, 0.25) is 11.1 Å². The third-order valence-corrected chi connectivity index (χ3v) is 7.45. The van der Waals surface area contributed by atoms with E-state index in [1.807, 2.05) is 6.07 Å². The summed E-state index contributed by atoms with van der Waals surface area (Å²) in [5.41, 5.74) is -0.401. The molecular formula is C23H22Cl2N6O6. The summed E-state index contributed by atoms with van der Waals surface area (Å²) < 4.78 is 5.13. The van der Waals surface area contributed by atoms with E-state index < -0.39 is 34.1 Å². The number of aromatic nitrogens is 2. The van der Waals surface area contributed by atoms with Gasteiger partial charge in [-0.25, -0.2) is 9.78 Å². The molecule has 1 fully saturated rings. The summed E-state index contributed by atoms with van der Waals surface area (Å²) in [6, 6.07) is 6.39. The summed E-state index contributed by atoms with van der Waals surface area (Å²) in [5.74, 6) is -0.680. The van der Waals surface area contributed by atoms with Crippen LogP contribution in [0.25, 0.3) is 0 Å². The number of hydrogen-bond donors (Lipinski definition) is 1. The monoisotopic (exact) mass is 548 g/mol. The van der Waals surface area contributed by atoms with Gasteiger partial charge in [-0.05, 0) is 41.6 Å². The molecule has 1 aromatic heterocycles. The lowest BCUT2D eigenvalue weighted by Crippen LogP contribution is -2.55. The molecule has 1 saturated heterocycles. The van der Waals surface area contributed by atoms with Crippen LogP contribution in [0.5, 0.6) is 0 Å². The largest absolute Gasteiger partial charge is 0.468 e. The number of rotatable bonds is 6. The first kappa shape index (κ1) is 26.4. The highest BCUT2D eigenvalue weighted by Gasteiger charge is 2.49. The molecular weight excluding hydrogens is 527 g/mol. The number of ether oxygens (including phenoxy) is 1. The van der Waals surface area contributed by atoms with E-state index in [1.54, 1.807) is 18.2 Å². The van der Waals surface area contributed by atoms with Crippen LogP contribution >= 0.6 is 23.2 Å². The zero-order valence-electron chi connectivity index (χ0n) is 19.7. The van der Waals surface area contributed by atoms with Crippen LogP contribution in [0.1, 0.15) is 29.7 Å². The molecule has 2 atom stereocenters. The maximum Gasteiger partial charge on any atom is 0.407 e. The van der Waals surface area contributed by atoms with Crippen LogP contribution in [-0.4, -0.2) is 69.7 Å². The van der Waals surface area contributed by atoms with Crippen molar-refractivity contribution >= 4 is 46.8 Å². The molecule has 0 radical (unpaired) electrons. The first-order valence-corrected chi connectivity index (χ1v) is 12.1. The molecule has 1 N–H and O–H groups in total. The summed E-state index contributed by atoms with van der Waals surface area (Å²) in [4.78, 5) is 47.4. The van der Waals surface area contributed by atoms with Crippen LogP contribution in [-0.2, 0) is 27.8 Å². The molecule has 0 bridgehead atoms. The second-order valence-corrected chi connectivity index (χ2v) is 9.57. The van der Waals surface area contributed by atoms with Crippen molar-refractivity contribution in [3.63, 3.8) is 0 Å². The van der Waals surface area contributed by atoms with Crippen LogP contribution in [0.2, 0.25) is 10.3 Å². The SMILES string of the molecule is COC(=O)C1(Cc2nc(Cl)nc(N3CCN(C(=O)O)[C@@H](CC#N)C3)c2[N+](=O)[O-])CCc2c(Cl)cccc21. The Kier molecular flexibility index (Phi) is 7.38. The van der Waals surface area contributed by atoms with E-state index in [4.69, 9.17) is 27.9 Å². The number of methoxy groups -OCH3 is 1. The minimum atomic E-state index is -1.28. The van der Waals surface area contributed by atoms with Crippen LogP contribution in [0, 0.1) is 21.4 Å². The van der Waals surface area contributed by atoms with Gasteiger partial charge >= 0.3 is 17.7 Å². The molecule has 2 aliphatic rings. The quantitative estimate of drug-likeness (QED) is 0.245. The molecule has 2 heterocycles. The zero-order chi connectivity index (χ0) is 26.9. The molecule has 0 spiro atoms. The smallest absolute Gasteiger partial charge is 0.407 e. The van der Waals surface area contributed by atoms with Crippen molar-refractivity contribution in [1.29, 1.82) is 5.26 Å². The fraction of sp³-hybridized carbons (Fsp3) is 0.435. The molecule has 12 nitrogen and oxygen atoms in total. The maximum atomic E-state index is 13.2. The molecule has 1 aliphatic carbocycles. The van der Waals surface area contributed by atoms with Crippen LogP contribution in [0.15, 0.2) is 18.2 Å². The van der Waals surface area contributed by atoms with Crippen LogP contribution in [0.4, 0.5) is 16.3 Å². The number of halogens is 2. The lowest BCUT2D eigenvalue weighted by Gasteiger charge is -2.39. The lowest BCUT2D eigenvalue weighted by atomic mass is 9.77. The number of nitriles is 1. The molecule has 1 aliphatic heterocycles. The van der Waals surface area contributed by atoms with E-state index >= 15 is 0 Å². The van der Waals surface area contributed by atoms with Gasteiger partial charge in [-0.15, -0.1) is 0 Å². The molecule has 2 aromatic rings. The molecule has 194 valence electrons. The van der Waals surface area contributed by atoms with E-state index in [2.05, 4.69) is 9.97 Å². The predicted molar refractivity (Wildman–Crippen MR) is 132 cm³/mol. The van der Waals surface area contributed by atoms with Gasteiger partial charge in [0.1, 0.15) is 5.69 Å². The second-order valence-electron chi connectivity index (χ2n) is 8.82. The topological polar surface area (TPSA) is 163 Å². The highest BCUT2D eigenvalue weighted by Crippen LogP contribution is 2.46. The van der Waals surface area contributed by atoms with E-state index in [0.29, 0.717) is 23.4 Å². The third-order valence-electron chi connectivity index (χ3n) is 6.93. The number of esters is 1. The Balaban J connectivity index is 1.81. The number of benzene rings is 1. The number of nitrogens with zero attached hydrogens (tertiary/aromatic N) is 6. The summed E-state index contributed by atoms with van der Waals surface area (Å²) in [6.45, 7) is 0.0876. The van der Waals surface area contributed by atoms with Crippen molar-refractivity contribution in [3.05, 3.63) is 55.4 Å². The predicted octanol–water partition coefficient (Wildman–Crippen LogP) is 3.37. The van der Waals surface area contributed by atoms with Crippen molar-refractivity contribution in [3.8, 4) is 6.07 Å². The average Bonchev–Trinajstić information content (AvgIpc) is 3.23. The van der Waals surface area contributed by atoms with E-state index in [-0.39, 0.29) is 49.3 Å². The highest BCUT2D eigenvalue weighted by molar-refractivity contribution is 6.31. The van der Waals surface area contributed by atoms with Gasteiger partial charge in [0.15, 0.2) is 0 Å². The summed E-state index contributed by atoms with van der Waals surface area (Å²) in [6.07, 6.45) is -0.708.